The number of carbonyl (C=O) groups is 2. The smallest absolute Gasteiger partial charge is 0.295 e. The molecule has 0 unspecified atom stereocenters. The monoisotopic (exact) mass is 585 g/mol. The van der Waals surface area contributed by atoms with Crippen LogP contribution in [0.1, 0.15) is 43.4 Å². The number of hydrogen-bond acceptors (Lipinski definition) is 8. The lowest BCUT2D eigenvalue weighted by Gasteiger charge is -2.29. The first-order valence-corrected chi connectivity index (χ1v) is 15.4. The summed E-state index contributed by atoms with van der Waals surface area (Å²) in [7, 11) is -0.801. The lowest BCUT2D eigenvalue weighted by Crippen LogP contribution is -2.38. The molecule has 1 N–H and O–H groups in total. The van der Waals surface area contributed by atoms with Gasteiger partial charge in [0.1, 0.15) is 11.5 Å². The maximum Gasteiger partial charge on any atom is 0.295 e. The lowest BCUT2D eigenvalue weighted by atomic mass is 9.95. The minimum atomic E-state index is -3.67. The Kier molecular flexibility index (Phi) is 10.2. The lowest BCUT2D eigenvalue weighted by molar-refractivity contribution is -0.140. The summed E-state index contributed by atoms with van der Waals surface area (Å²) < 4.78 is 37.3. The zero-order valence-electron chi connectivity index (χ0n) is 23.9. The van der Waals surface area contributed by atoms with E-state index in [-0.39, 0.29) is 21.8 Å². The van der Waals surface area contributed by atoms with Crippen LogP contribution in [0.2, 0.25) is 0 Å². The second-order valence-electron chi connectivity index (χ2n) is 10.4. The molecule has 0 radical (unpaired) electrons. The number of amides is 1. The third kappa shape index (κ3) is 6.98. The van der Waals surface area contributed by atoms with Gasteiger partial charge in [0.05, 0.1) is 36.3 Å². The van der Waals surface area contributed by atoms with Crippen LogP contribution in [-0.4, -0.2) is 99.4 Å². The Hall–Kier alpha value is -3.25. The third-order valence-corrected chi connectivity index (χ3v) is 9.22. The summed E-state index contributed by atoms with van der Waals surface area (Å²) in [5.41, 5.74) is 0.898. The first kappa shape index (κ1) is 30.7. The molecule has 222 valence electrons. The molecule has 2 aromatic carbocycles. The molecule has 0 aromatic heterocycles. The van der Waals surface area contributed by atoms with Gasteiger partial charge in [0, 0.05) is 45.8 Å². The van der Waals surface area contributed by atoms with E-state index in [0.717, 1.165) is 36.8 Å². The van der Waals surface area contributed by atoms with Gasteiger partial charge in [-0.25, -0.2) is 12.7 Å². The van der Waals surface area contributed by atoms with Gasteiger partial charge in [-0.1, -0.05) is 25.5 Å². The summed E-state index contributed by atoms with van der Waals surface area (Å²) in [4.78, 5) is 30.5. The molecule has 4 rings (SSSR count). The number of morpholine rings is 1. The Morgan fingerprint density at radius 3 is 2.27 bits per heavy atom. The number of rotatable bonds is 12. The van der Waals surface area contributed by atoms with Crippen LogP contribution in [0.25, 0.3) is 5.76 Å². The van der Waals surface area contributed by atoms with Crippen molar-refractivity contribution in [1.29, 1.82) is 0 Å². The summed E-state index contributed by atoms with van der Waals surface area (Å²) in [6, 6.07) is 12.1. The molecule has 41 heavy (non-hydrogen) atoms. The predicted octanol–water partition coefficient (Wildman–Crippen LogP) is 3.26. The molecule has 2 fully saturated rings. The van der Waals surface area contributed by atoms with Gasteiger partial charge >= 0.3 is 0 Å². The summed E-state index contributed by atoms with van der Waals surface area (Å²) in [6.45, 7) is 6.75. The van der Waals surface area contributed by atoms with E-state index in [4.69, 9.17) is 9.47 Å². The fourth-order valence-corrected chi connectivity index (χ4v) is 5.88. The van der Waals surface area contributed by atoms with Crippen LogP contribution in [0.3, 0.4) is 0 Å². The normalized spacial score (nSPS) is 19.7. The molecule has 2 aliphatic heterocycles. The molecule has 0 saturated carbocycles. The van der Waals surface area contributed by atoms with Gasteiger partial charge in [0.15, 0.2) is 0 Å². The summed E-state index contributed by atoms with van der Waals surface area (Å²) >= 11 is 0. The van der Waals surface area contributed by atoms with Crippen molar-refractivity contribution in [2.45, 2.75) is 37.1 Å². The van der Waals surface area contributed by atoms with Crippen molar-refractivity contribution in [3.8, 4) is 5.75 Å². The van der Waals surface area contributed by atoms with E-state index in [1.54, 1.807) is 12.1 Å². The third-order valence-electron chi connectivity index (χ3n) is 7.39. The quantitative estimate of drug-likeness (QED) is 0.175. The first-order valence-electron chi connectivity index (χ1n) is 14.0. The van der Waals surface area contributed by atoms with E-state index in [0.29, 0.717) is 44.1 Å². The van der Waals surface area contributed by atoms with E-state index >= 15 is 0 Å². The van der Waals surface area contributed by atoms with Crippen molar-refractivity contribution in [3.63, 3.8) is 0 Å². The molecule has 11 heteroatoms. The maximum absolute atomic E-state index is 13.4. The van der Waals surface area contributed by atoms with Gasteiger partial charge in [-0.05, 0) is 54.8 Å². The van der Waals surface area contributed by atoms with E-state index in [1.165, 1.54) is 43.3 Å². The molecule has 0 bridgehead atoms. The van der Waals surface area contributed by atoms with Gasteiger partial charge in [-0.3, -0.25) is 14.5 Å². The van der Waals surface area contributed by atoms with Gasteiger partial charge in [-0.2, -0.15) is 0 Å². The van der Waals surface area contributed by atoms with Crippen molar-refractivity contribution in [3.05, 3.63) is 65.2 Å². The molecule has 1 amide bonds. The average Bonchev–Trinajstić information content (AvgIpc) is 3.23. The second-order valence-corrected chi connectivity index (χ2v) is 12.5. The molecule has 2 heterocycles. The Morgan fingerprint density at radius 2 is 1.66 bits per heavy atom. The fourth-order valence-electron chi connectivity index (χ4n) is 4.98. The number of nitrogens with zero attached hydrogens (tertiary/aromatic N) is 3. The number of hydrogen-bond donors (Lipinski definition) is 1. The zero-order chi connectivity index (χ0) is 29.6. The van der Waals surface area contributed by atoms with Crippen molar-refractivity contribution in [1.82, 2.24) is 14.1 Å². The van der Waals surface area contributed by atoms with E-state index in [9.17, 15) is 23.1 Å². The van der Waals surface area contributed by atoms with Crippen molar-refractivity contribution in [2.75, 3.05) is 60.1 Å². The molecular weight excluding hydrogens is 546 g/mol. The van der Waals surface area contributed by atoms with E-state index in [1.807, 2.05) is 12.1 Å². The van der Waals surface area contributed by atoms with Crippen molar-refractivity contribution in [2.24, 2.45) is 0 Å². The molecule has 2 aliphatic rings. The van der Waals surface area contributed by atoms with E-state index < -0.39 is 27.8 Å². The highest BCUT2D eigenvalue weighted by Gasteiger charge is 2.45. The summed E-state index contributed by atoms with van der Waals surface area (Å²) in [5, 5.41) is 11.4. The number of aliphatic hydroxyl groups is 1. The number of ether oxygens (including phenoxy) is 2. The largest absolute Gasteiger partial charge is 0.507 e. The zero-order valence-corrected chi connectivity index (χ0v) is 24.7. The van der Waals surface area contributed by atoms with Crippen LogP contribution in [0.15, 0.2) is 59.0 Å². The standard InChI is InChI=1S/C30H39N3O7S/c1-4-5-19-40-24-11-7-22(8-12-24)27-26(28(34)23-9-13-25(14-10-23)41(37,38)31(2)3)29(35)30(36)33(27)16-6-15-32-17-20-39-21-18-32/h7-14,27,34H,4-6,15-21H2,1-3H3/t27-/m1/s1. The Labute approximate surface area is 242 Å². The highest BCUT2D eigenvalue weighted by molar-refractivity contribution is 7.89. The number of Topliss-reactive ketones (excluding diaryl/α,β-unsaturated/α-hetero) is 1. The van der Waals surface area contributed by atoms with Crippen molar-refractivity contribution >= 4 is 27.5 Å². The average molecular weight is 586 g/mol. The minimum Gasteiger partial charge on any atom is -0.507 e. The molecule has 2 saturated heterocycles. The number of likely N-dealkylation sites (tertiary alicyclic amines) is 1. The van der Waals surface area contributed by atoms with Gasteiger partial charge in [0.25, 0.3) is 11.7 Å². The molecule has 2 aromatic rings. The van der Waals surface area contributed by atoms with Crippen LogP contribution in [0.4, 0.5) is 0 Å². The topological polar surface area (TPSA) is 117 Å². The Morgan fingerprint density at radius 1 is 1.00 bits per heavy atom. The minimum absolute atomic E-state index is 0.0239. The van der Waals surface area contributed by atoms with Crippen molar-refractivity contribution < 1.29 is 32.6 Å². The molecule has 0 spiro atoms. The van der Waals surface area contributed by atoms with Crippen LogP contribution in [0.5, 0.6) is 5.75 Å². The SMILES string of the molecule is CCCCOc1ccc([C@@H]2C(=C(O)c3ccc(S(=O)(=O)N(C)C)cc3)C(=O)C(=O)N2CCCN2CCOCC2)cc1. The summed E-state index contributed by atoms with van der Waals surface area (Å²) in [5.74, 6) is -1.11. The number of ketones is 1. The number of sulfonamides is 1. The van der Waals surface area contributed by atoms with Gasteiger partial charge < -0.3 is 19.5 Å². The Bertz CT molecular complexity index is 1350. The van der Waals surface area contributed by atoms with E-state index in [2.05, 4.69) is 11.8 Å². The number of carbonyl (C=O) groups excluding carboxylic acids is 2. The molecule has 1 atom stereocenters. The van der Waals surface area contributed by atoms with Crippen LogP contribution in [-0.2, 0) is 24.3 Å². The molecule has 0 aliphatic carbocycles. The van der Waals surface area contributed by atoms with Crippen LogP contribution < -0.4 is 4.74 Å². The molecule has 10 nitrogen and oxygen atoms in total. The molecular formula is C30H39N3O7S. The van der Waals surface area contributed by atoms with Crippen LogP contribution >= 0.6 is 0 Å². The number of aliphatic hydroxyl groups excluding tert-OH is 1. The first-order chi connectivity index (χ1) is 19.6. The summed E-state index contributed by atoms with van der Waals surface area (Å²) in [6.07, 6.45) is 2.60. The fraction of sp³-hybridized carbons (Fsp3) is 0.467. The second kappa shape index (κ2) is 13.6. The predicted molar refractivity (Wildman–Crippen MR) is 155 cm³/mol. The number of unbranched alkanes of at least 4 members (excludes halogenated alkanes) is 1. The van der Waals surface area contributed by atoms with Crippen LogP contribution in [0, 0.1) is 0 Å². The van der Waals surface area contributed by atoms with Gasteiger partial charge in [0.2, 0.25) is 10.0 Å². The van der Waals surface area contributed by atoms with Gasteiger partial charge in [-0.15, -0.1) is 0 Å². The number of benzene rings is 2. The highest BCUT2D eigenvalue weighted by atomic mass is 32.2. The highest BCUT2D eigenvalue weighted by Crippen LogP contribution is 2.40. The maximum atomic E-state index is 13.4. The Balaban J connectivity index is 1.66.